The van der Waals surface area contributed by atoms with Crippen LogP contribution in [0, 0.1) is 10.1 Å². The van der Waals surface area contributed by atoms with E-state index in [1.807, 2.05) is 13.8 Å². The Kier molecular flexibility index (Phi) is 3.99. The number of thiazole rings is 1. The fraction of sp³-hybridized carbons (Fsp3) is 0.308. The van der Waals surface area contributed by atoms with Crippen LogP contribution in [0.1, 0.15) is 30.2 Å². The van der Waals surface area contributed by atoms with E-state index < -0.39 is 22.4 Å². The van der Waals surface area contributed by atoms with Gasteiger partial charge in [0.1, 0.15) is 5.01 Å². The molecule has 8 heteroatoms. The highest BCUT2D eigenvalue weighted by atomic mass is 32.1. The molecule has 0 aliphatic heterocycles. The van der Waals surface area contributed by atoms with Crippen LogP contribution < -0.4 is 0 Å². The number of hydrogen-bond acceptors (Lipinski definition) is 4. The van der Waals surface area contributed by atoms with E-state index in [-0.39, 0.29) is 11.5 Å². The van der Waals surface area contributed by atoms with Gasteiger partial charge in [0, 0.05) is 17.1 Å². The monoisotopic (exact) mass is 316 g/mol. The SMILES string of the molecule is CC(C)c1cnc(-c2ccc(C(F)(F)F)cc2[N+](=O)[O-])s1. The molecule has 0 fully saturated rings. The molecule has 2 aromatic rings. The van der Waals surface area contributed by atoms with Crippen molar-refractivity contribution in [2.75, 3.05) is 0 Å². The largest absolute Gasteiger partial charge is 0.416 e. The number of nitrogens with zero attached hydrogens (tertiary/aromatic N) is 2. The van der Waals surface area contributed by atoms with Crippen LogP contribution in [-0.2, 0) is 6.18 Å². The van der Waals surface area contributed by atoms with Crippen LogP contribution >= 0.6 is 11.3 Å². The van der Waals surface area contributed by atoms with Crippen molar-refractivity contribution in [3.05, 3.63) is 45.0 Å². The van der Waals surface area contributed by atoms with Crippen LogP contribution in [0.15, 0.2) is 24.4 Å². The summed E-state index contributed by atoms with van der Waals surface area (Å²) in [5.41, 5.74) is -1.53. The highest BCUT2D eigenvalue weighted by molar-refractivity contribution is 7.15. The normalized spacial score (nSPS) is 11.9. The van der Waals surface area contributed by atoms with E-state index in [0.29, 0.717) is 11.1 Å². The van der Waals surface area contributed by atoms with Crippen molar-refractivity contribution in [1.29, 1.82) is 0 Å². The molecular formula is C13H11F3N2O2S. The Hall–Kier alpha value is -1.96. The van der Waals surface area contributed by atoms with Gasteiger partial charge in [-0.15, -0.1) is 11.3 Å². The average Bonchev–Trinajstić information content (AvgIpc) is 2.86. The lowest BCUT2D eigenvalue weighted by molar-refractivity contribution is -0.384. The Morgan fingerprint density at radius 2 is 2.00 bits per heavy atom. The smallest absolute Gasteiger partial charge is 0.258 e. The van der Waals surface area contributed by atoms with Crippen LogP contribution in [0.25, 0.3) is 10.6 Å². The first-order valence-electron chi connectivity index (χ1n) is 6.02. The van der Waals surface area contributed by atoms with Crippen LogP contribution in [0.5, 0.6) is 0 Å². The maximum Gasteiger partial charge on any atom is 0.416 e. The van der Waals surface area contributed by atoms with E-state index in [0.717, 1.165) is 17.0 Å². The van der Waals surface area contributed by atoms with Gasteiger partial charge >= 0.3 is 6.18 Å². The minimum Gasteiger partial charge on any atom is -0.258 e. The lowest BCUT2D eigenvalue weighted by Crippen LogP contribution is -2.06. The fourth-order valence-electron chi connectivity index (χ4n) is 1.72. The third kappa shape index (κ3) is 3.21. The molecular weight excluding hydrogens is 305 g/mol. The number of rotatable bonds is 3. The van der Waals surface area contributed by atoms with Gasteiger partial charge in [0.25, 0.3) is 5.69 Å². The van der Waals surface area contributed by atoms with Crippen LogP contribution in [0.4, 0.5) is 18.9 Å². The van der Waals surface area contributed by atoms with Gasteiger partial charge in [0.2, 0.25) is 0 Å². The first kappa shape index (κ1) is 15.4. The van der Waals surface area contributed by atoms with E-state index in [9.17, 15) is 23.3 Å². The quantitative estimate of drug-likeness (QED) is 0.600. The molecule has 0 amide bonds. The first-order chi connectivity index (χ1) is 9.70. The molecule has 0 spiro atoms. The number of hydrogen-bond donors (Lipinski definition) is 0. The summed E-state index contributed by atoms with van der Waals surface area (Å²) in [6, 6.07) is 2.48. The number of aromatic nitrogens is 1. The van der Waals surface area contributed by atoms with Gasteiger partial charge in [-0.05, 0) is 18.1 Å². The maximum atomic E-state index is 12.6. The summed E-state index contributed by atoms with van der Waals surface area (Å²) >= 11 is 1.24. The Morgan fingerprint density at radius 1 is 1.33 bits per heavy atom. The molecule has 2 rings (SSSR count). The molecule has 0 N–H and O–H groups in total. The van der Waals surface area contributed by atoms with Gasteiger partial charge in [-0.1, -0.05) is 13.8 Å². The number of benzene rings is 1. The average molecular weight is 316 g/mol. The zero-order valence-corrected chi connectivity index (χ0v) is 12.0. The predicted molar refractivity (Wildman–Crippen MR) is 73.3 cm³/mol. The summed E-state index contributed by atoms with van der Waals surface area (Å²) in [6.07, 6.45) is -3.03. The van der Waals surface area contributed by atoms with Crippen molar-refractivity contribution in [3.8, 4) is 10.6 Å². The molecule has 0 saturated heterocycles. The van der Waals surface area contributed by atoms with Gasteiger partial charge in [0.15, 0.2) is 0 Å². The second kappa shape index (κ2) is 5.44. The lowest BCUT2D eigenvalue weighted by Gasteiger charge is -2.07. The number of halogens is 3. The molecule has 0 aliphatic carbocycles. The summed E-state index contributed by atoms with van der Waals surface area (Å²) in [4.78, 5) is 15.2. The van der Waals surface area contributed by atoms with Gasteiger partial charge in [-0.2, -0.15) is 13.2 Å². The first-order valence-corrected chi connectivity index (χ1v) is 6.83. The highest BCUT2D eigenvalue weighted by Crippen LogP contribution is 2.39. The topological polar surface area (TPSA) is 56.0 Å². The van der Waals surface area contributed by atoms with Crippen LogP contribution in [0.3, 0.4) is 0 Å². The third-order valence-electron chi connectivity index (χ3n) is 2.84. The third-order valence-corrected chi connectivity index (χ3v) is 4.18. The molecule has 1 heterocycles. The van der Waals surface area contributed by atoms with Gasteiger partial charge < -0.3 is 0 Å². The second-order valence-corrected chi connectivity index (χ2v) is 5.77. The molecule has 0 atom stereocenters. The fourth-order valence-corrected chi connectivity index (χ4v) is 2.67. The molecule has 112 valence electrons. The van der Waals surface area contributed by atoms with Gasteiger partial charge in [-0.25, -0.2) is 4.98 Å². The summed E-state index contributed by atoms with van der Waals surface area (Å²) in [5, 5.41) is 11.4. The highest BCUT2D eigenvalue weighted by Gasteiger charge is 2.33. The standard InChI is InChI=1S/C13H11F3N2O2S/c1-7(2)11-6-17-12(21-11)9-4-3-8(13(14,15)16)5-10(9)18(19)20/h3-7H,1-2H3. The Morgan fingerprint density at radius 3 is 2.48 bits per heavy atom. The van der Waals surface area contributed by atoms with Crippen LogP contribution in [0.2, 0.25) is 0 Å². The van der Waals surface area contributed by atoms with Gasteiger partial charge in [0.05, 0.1) is 16.1 Å². The number of nitro benzene ring substituents is 1. The minimum atomic E-state index is -4.62. The number of alkyl halides is 3. The number of nitro groups is 1. The molecule has 0 radical (unpaired) electrons. The molecule has 1 aromatic heterocycles. The van der Waals surface area contributed by atoms with E-state index in [4.69, 9.17) is 0 Å². The van der Waals surface area contributed by atoms with E-state index in [1.54, 1.807) is 6.20 Å². The van der Waals surface area contributed by atoms with Crippen molar-refractivity contribution in [3.63, 3.8) is 0 Å². The van der Waals surface area contributed by atoms with Gasteiger partial charge in [-0.3, -0.25) is 10.1 Å². The molecule has 21 heavy (non-hydrogen) atoms. The zero-order valence-electron chi connectivity index (χ0n) is 11.1. The van der Waals surface area contributed by atoms with E-state index in [2.05, 4.69) is 4.98 Å². The molecule has 0 unspecified atom stereocenters. The zero-order chi connectivity index (χ0) is 15.8. The second-order valence-electron chi connectivity index (χ2n) is 4.71. The maximum absolute atomic E-state index is 12.6. The predicted octanol–water partition coefficient (Wildman–Crippen LogP) is 4.86. The summed E-state index contributed by atoms with van der Waals surface area (Å²) in [5.74, 6) is 0.199. The molecule has 0 saturated carbocycles. The lowest BCUT2D eigenvalue weighted by atomic mass is 10.1. The minimum absolute atomic E-state index is 0.102. The molecule has 1 aromatic carbocycles. The van der Waals surface area contributed by atoms with E-state index in [1.165, 1.54) is 11.3 Å². The van der Waals surface area contributed by atoms with Crippen LogP contribution in [-0.4, -0.2) is 9.91 Å². The summed E-state index contributed by atoms with van der Waals surface area (Å²) in [7, 11) is 0. The summed E-state index contributed by atoms with van der Waals surface area (Å²) < 4.78 is 37.9. The van der Waals surface area contributed by atoms with E-state index >= 15 is 0 Å². The van der Waals surface area contributed by atoms with Crippen molar-refractivity contribution < 1.29 is 18.1 Å². The Labute approximate surface area is 122 Å². The molecule has 4 nitrogen and oxygen atoms in total. The molecule has 0 bridgehead atoms. The molecule has 0 aliphatic rings. The Balaban J connectivity index is 2.55. The van der Waals surface area contributed by atoms with Crippen molar-refractivity contribution in [1.82, 2.24) is 4.98 Å². The van der Waals surface area contributed by atoms with Crippen molar-refractivity contribution >= 4 is 17.0 Å². The van der Waals surface area contributed by atoms with Crippen molar-refractivity contribution in [2.24, 2.45) is 0 Å². The summed E-state index contributed by atoms with van der Waals surface area (Å²) in [6.45, 7) is 3.89. The van der Waals surface area contributed by atoms with Crippen molar-refractivity contribution in [2.45, 2.75) is 25.9 Å². The Bertz CT molecular complexity index is 680.